The molecule has 0 bridgehead atoms. The maximum absolute atomic E-state index is 9.82. The van der Waals surface area contributed by atoms with Crippen LogP contribution in [0, 0.1) is 0 Å². The highest BCUT2D eigenvalue weighted by Crippen LogP contribution is 2.02. The van der Waals surface area contributed by atoms with Crippen molar-refractivity contribution in [3.8, 4) is 0 Å². The summed E-state index contributed by atoms with van der Waals surface area (Å²) in [5.74, 6) is -2.31. The molecule has 1 unspecified atom stereocenters. The average molecular weight is 118 g/mol. The Balaban J connectivity index is 3.64. The van der Waals surface area contributed by atoms with Crippen molar-refractivity contribution >= 4 is 13.1 Å². The van der Waals surface area contributed by atoms with Crippen LogP contribution in [0.25, 0.3) is 0 Å². The molecule has 0 aromatic rings. The second-order valence-electron chi connectivity index (χ2n) is 1.54. The van der Waals surface area contributed by atoms with Gasteiger partial charge in [0.1, 0.15) is 0 Å². The highest BCUT2D eigenvalue weighted by molar-refractivity contribution is 6.48. The summed E-state index contributed by atoms with van der Waals surface area (Å²) in [6, 6.07) is 0. The maximum Gasteiger partial charge on any atom is 0.466 e. The molecular weight excluding hydrogens is 111 g/mol. The Morgan fingerprint density at radius 1 is 1.62 bits per heavy atom. The average Bonchev–Trinajstić information content (AvgIpc) is 1.64. The topological polar surface area (TPSA) is 77.8 Å². The molecule has 0 saturated carbocycles. The molecule has 0 spiro atoms. The van der Waals surface area contributed by atoms with Gasteiger partial charge in [-0.25, -0.2) is 0 Å². The first-order valence-corrected chi connectivity index (χ1v) is 2.14. The largest absolute Gasteiger partial charge is 0.481 e. The van der Waals surface area contributed by atoms with Gasteiger partial charge >= 0.3 is 13.1 Å². The van der Waals surface area contributed by atoms with E-state index in [0.29, 0.717) is 0 Å². The molecule has 3 N–H and O–H groups in total. The van der Waals surface area contributed by atoms with Crippen molar-refractivity contribution in [1.29, 1.82) is 0 Å². The van der Waals surface area contributed by atoms with E-state index in [1.807, 2.05) is 0 Å². The van der Waals surface area contributed by atoms with Gasteiger partial charge in [0.15, 0.2) is 0 Å². The molecular formula is C3H7BO4. The molecule has 0 aromatic carbocycles. The number of carboxylic acid groups (broad SMARTS) is 1. The molecule has 0 aliphatic carbocycles. The number of carbonyl (C=O) groups is 1. The SMILES string of the molecule is CC(B(O)O)C(=O)O. The Morgan fingerprint density at radius 2 is 2.00 bits per heavy atom. The number of carboxylic acids is 1. The first-order chi connectivity index (χ1) is 3.55. The van der Waals surface area contributed by atoms with E-state index >= 15 is 0 Å². The fraction of sp³-hybridized carbons (Fsp3) is 0.667. The summed E-state index contributed by atoms with van der Waals surface area (Å²) in [4.78, 5) is 9.82. The van der Waals surface area contributed by atoms with E-state index < -0.39 is 18.9 Å². The van der Waals surface area contributed by atoms with Gasteiger partial charge in [0.2, 0.25) is 0 Å². The molecule has 5 heteroatoms. The second kappa shape index (κ2) is 2.69. The van der Waals surface area contributed by atoms with Crippen LogP contribution in [0.15, 0.2) is 0 Å². The van der Waals surface area contributed by atoms with Crippen molar-refractivity contribution in [3.63, 3.8) is 0 Å². The third kappa shape index (κ3) is 1.95. The van der Waals surface area contributed by atoms with E-state index in [0.717, 1.165) is 0 Å². The van der Waals surface area contributed by atoms with Crippen molar-refractivity contribution in [3.05, 3.63) is 0 Å². The van der Waals surface area contributed by atoms with Crippen LogP contribution in [0.5, 0.6) is 0 Å². The summed E-state index contributed by atoms with van der Waals surface area (Å²) in [6.07, 6.45) is 0. The van der Waals surface area contributed by atoms with Gasteiger partial charge in [0.25, 0.3) is 0 Å². The minimum atomic E-state index is -1.76. The second-order valence-corrected chi connectivity index (χ2v) is 1.54. The summed E-state index contributed by atoms with van der Waals surface area (Å²) < 4.78 is 0. The van der Waals surface area contributed by atoms with Gasteiger partial charge in [-0.05, 0) is 0 Å². The van der Waals surface area contributed by atoms with E-state index in [9.17, 15) is 4.79 Å². The number of hydrogen-bond acceptors (Lipinski definition) is 3. The van der Waals surface area contributed by atoms with Gasteiger partial charge in [-0.3, -0.25) is 4.79 Å². The molecule has 1 atom stereocenters. The van der Waals surface area contributed by atoms with Gasteiger partial charge in [0, 0.05) is 0 Å². The van der Waals surface area contributed by atoms with E-state index in [-0.39, 0.29) is 0 Å². The quantitative estimate of drug-likeness (QED) is 0.403. The van der Waals surface area contributed by atoms with E-state index in [2.05, 4.69) is 0 Å². The van der Waals surface area contributed by atoms with E-state index in [1.54, 1.807) is 0 Å². The predicted octanol–water partition coefficient (Wildman–Crippen LogP) is -1.07. The molecule has 8 heavy (non-hydrogen) atoms. The van der Waals surface area contributed by atoms with Crippen LogP contribution in [0.3, 0.4) is 0 Å². The van der Waals surface area contributed by atoms with Gasteiger partial charge in [-0.15, -0.1) is 0 Å². The van der Waals surface area contributed by atoms with Crippen molar-refractivity contribution in [2.75, 3.05) is 0 Å². The first-order valence-electron chi connectivity index (χ1n) is 2.14. The van der Waals surface area contributed by atoms with E-state index in [1.165, 1.54) is 6.92 Å². The van der Waals surface area contributed by atoms with Crippen molar-refractivity contribution in [2.24, 2.45) is 0 Å². The zero-order chi connectivity index (χ0) is 6.73. The summed E-state index contributed by atoms with van der Waals surface area (Å²) in [7, 11) is -1.76. The lowest BCUT2D eigenvalue weighted by Gasteiger charge is -2.00. The summed E-state index contributed by atoms with van der Waals surface area (Å²) in [6.45, 7) is 1.22. The number of aliphatic carboxylic acids is 1. The van der Waals surface area contributed by atoms with Gasteiger partial charge in [-0.2, -0.15) is 0 Å². The Labute approximate surface area is 46.9 Å². The fourth-order valence-corrected chi connectivity index (χ4v) is 0.128. The van der Waals surface area contributed by atoms with Gasteiger partial charge in [-0.1, -0.05) is 6.92 Å². The zero-order valence-electron chi connectivity index (χ0n) is 4.40. The number of hydrogen-bond donors (Lipinski definition) is 3. The van der Waals surface area contributed by atoms with Crippen molar-refractivity contribution in [2.45, 2.75) is 12.7 Å². The Morgan fingerprint density at radius 3 is 2.00 bits per heavy atom. The van der Waals surface area contributed by atoms with E-state index in [4.69, 9.17) is 15.2 Å². The molecule has 46 valence electrons. The lowest BCUT2D eigenvalue weighted by molar-refractivity contribution is -0.137. The van der Waals surface area contributed by atoms with Crippen LogP contribution in [0.2, 0.25) is 5.82 Å². The third-order valence-corrected chi connectivity index (χ3v) is 0.837. The summed E-state index contributed by atoms with van der Waals surface area (Å²) in [5.41, 5.74) is 0. The lowest BCUT2D eigenvalue weighted by Crippen LogP contribution is -2.24. The Kier molecular flexibility index (Phi) is 2.50. The van der Waals surface area contributed by atoms with Crippen LogP contribution in [-0.2, 0) is 4.79 Å². The Hall–Kier alpha value is -0.545. The minimum absolute atomic E-state index is 1.10. The minimum Gasteiger partial charge on any atom is -0.481 e. The molecule has 0 aliphatic rings. The van der Waals surface area contributed by atoms with Crippen LogP contribution >= 0.6 is 0 Å². The summed E-state index contributed by atoms with van der Waals surface area (Å²) in [5, 5.41) is 24.4. The lowest BCUT2D eigenvalue weighted by atomic mass is 9.74. The van der Waals surface area contributed by atoms with Crippen molar-refractivity contribution in [1.82, 2.24) is 0 Å². The van der Waals surface area contributed by atoms with Crippen LogP contribution < -0.4 is 0 Å². The standard InChI is InChI=1S/C3H7BO4/c1-2(3(5)6)4(7)8/h2,7-8H,1H3,(H,5,6). The van der Waals surface area contributed by atoms with Gasteiger partial charge < -0.3 is 15.2 Å². The molecule has 0 aliphatic heterocycles. The molecule has 0 radical (unpaired) electrons. The van der Waals surface area contributed by atoms with Crippen molar-refractivity contribution < 1.29 is 19.9 Å². The van der Waals surface area contributed by atoms with Crippen LogP contribution in [-0.4, -0.2) is 28.2 Å². The monoisotopic (exact) mass is 118 g/mol. The van der Waals surface area contributed by atoms with Crippen LogP contribution in [0.4, 0.5) is 0 Å². The van der Waals surface area contributed by atoms with Crippen LogP contribution in [0.1, 0.15) is 6.92 Å². The van der Waals surface area contributed by atoms with Gasteiger partial charge in [0.05, 0.1) is 5.82 Å². The molecule has 0 aromatic heterocycles. The molecule has 4 nitrogen and oxygen atoms in total. The zero-order valence-corrected chi connectivity index (χ0v) is 4.40. The molecule has 0 amide bonds. The molecule has 0 rings (SSSR count). The number of rotatable bonds is 2. The third-order valence-electron chi connectivity index (χ3n) is 0.837. The smallest absolute Gasteiger partial charge is 0.466 e. The highest BCUT2D eigenvalue weighted by atomic mass is 16.4. The highest BCUT2D eigenvalue weighted by Gasteiger charge is 2.24. The Bertz CT molecular complexity index is 91.3. The maximum atomic E-state index is 9.82. The summed E-state index contributed by atoms with van der Waals surface area (Å²) >= 11 is 0. The predicted molar refractivity (Wildman–Crippen MR) is 27.3 cm³/mol. The normalized spacial score (nSPS) is 12.9. The molecule has 0 saturated heterocycles. The first kappa shape index (κ1) is 7.45. The molecule has 0 heterocycles. The fourth-order valence-electron chi connectivity index (χ4n) is 0.128. The molecule has 0 fully saturated rings.